The van der Waals surface area contributed by atoms with Gasteiger partial charge in [-0.3, -0.25) is 4.79 Å². The molecule has 0 radical (unpaired) electrons. The van der Waals surface area contributed by atoms with Crippen molar-refractivity contribution in [2.45, 2.75) is 88.8 Å². The molecule has 2 aliphatic rings. The summed E-state index contributed by atoms with van der Waals surface area (Å²) < 4.78 is 26.8. The number of hydrogen-bond acceptors (Lipinski definition) is 3. The number of carbonyl (C=O) groups is 1. The summed E-state index contributed by atoms with van der Waals surface area (Å²) in [5, 5.41) is 2.62. The second-order valence-electron chi connectivity index (χ2n) is 8.71. The molecule has 2 fully saturated rings. The smallest absolute Gasteiger partial charge is 0.227 e. The molecule has 0 unspecified atom stereocenters. The fraction of sp³-hybridized carbons (Fsp3) is 0.682. The molecule has 1 aromatic rings. The zero-order valence-corrected chi connectivity index (χ0v) is 17.9. The number of benzene rings is 1. The van der Waals surface area contributed by atoms with Crippen molar-refractivity contribution in [1.82, 2.24) is 4.72 Å². The summed E-state index contributed by atoms with van der Waals surface area (Å²) in [6.07, 6.45) is 9.40. The van der Waals surface area contributed by atoms with E-state index < -0.39 is 15.3 Å². The van der Waals surface area contributed by atoms with E-state index in [0.29, 0.717) is 18.8 Å². The summed E-state index contributed by atoms with van der Waals surface area (Å²) in [6.45, 7) is 3.36. The minimum absolute atomic E-state index is 0.0437. The molecule has 3 rings (SSSR count). The Hall–Kier alpha value is -1.40. The lowest BCUT2D eigenvalue weighted by atomic mass is 9.84. The lowest BCUT2D eigenvalue weighted by Gasteiger charge is -2.29. The van der Waals surface area contributed by atoms with Gasteiger partial charge < -0.3 is 5.32 Å². The Morgan fingerprint density at radius 2 is 1.54 bits per heavy atom. The van der Waals surface area contributed by atoms with Crippen LogP contribution in [0.1, 0.15) is 83.1 Å². The topological polar surface area (TPSA) is 75.3 Å². The van der Waals surface area contributed by atoms with E-state index in [4.69, 9.17) is 0 Å². The molecule has 0 aromatic heterocycles. The van der Waals surface area contributed by atoms with E-state index in [1.165, 1.54) is 37.7 Å². The van der Waals surface area contributed by atoms with Crippen molar-refractivity contribution in [2.75, 3.05) is 5.32 Å². The van der Waals surface area contributed by atoms with Gasteiger partial charge in [-0.25, -0.2) is 13.1 Å². The first kappa shape index (κ1) is 21.3. The van der Waals surface area contributed by atoms with Crippen molar-refractivity contribution in [3.8, 4) is 0 Å². The van der Waals surface area contributed by atoms with Gasteiger partial charge in [-0.15, -0.1) is 0 Å². The van der Waals surface area contributed by atoms with Crippen LogP contribution in [0.4, 0.5) is 5.69 Å². The van der Waals surface area contributed by atoms with Crippen LogP contribution in [0.5, 0.6) is 0 Å². The zero-order valence-electron chi connectivity index (χ0n) is 17.1. The third-order valence-electron chi connectivity index (χ3n) is 6.30. The minimum atomic E-state index is -3.25. The molecule has 0 saturated heterocycles. The van der Waals surface area contributed by atoms with Gasteiger partial charge in [-0.05, 0) is 76.0 Å². The van der Waals surface area contributed by atoms with E-state index in [-0.39, 0.29) is 17.9 Å². The fourth-order valence-corrected chi connectivity index (χ4v) is 5.33. The minimum Gasteiger partial charge on any atom is -0.326 e. The first-order chi connectivity index (χ1) is 13.3. The Balaban J connectivity index is 1.48. The molecule has 0 spiro atoms. The van der Waals surface area contributed by atoms with Crippen LogP contribution in [0, 0.1) is 5.92 Å². The summed E-state index contributed by atoms with van der Waals surface area (Å²) >= 11 is 0. The molecule has 2 N–H and O–H groups in total. The summed E-state index contributed by atoms with van der Waals surface area (Å²) in [5.74, 6) is 0.678. The van der Waals surface area contributed by atoms with E-state index in [9.17, 15) is 13.2 Å². The fourth-order valence-electron chi connectivity index (χ4n) is 4.36. The van der Waals surface area contributed by atoms with Gasteiger partial charge in [-0.2, -0.15) is 0 Å². The number of hydrogen-bond donors (Lipinski definition) is 2. The molecule has 0 aliphatic heterocycles. The van der Waals surface area contributed by atoms with Gasteiger partial charge in [0.05, 0.1) is 5.25 Å². The van der Waals surface area contributed by atoms with Crippen molar-refractivity contribution in [3.63, 3.8) is 0 Å². The number of rotatable bonds is 6. The van der Waals surface area contributed by atoms with Crippen molar-refractivity contribution in [1.29, 1.82) is 0 Å². The van der Waals surface area contributed by atoms with Crippen LogP contribution >= 0.6 is 0 Å². The molecule has 0 bridgehead atoms. The third-order valence-corrected chi connectivity index (χ3v) is 8.21. The van der Waals surface area contributed by atoms with Gasteiger partial charge in [0.15, 0.2) is 0 Å². The van der Waals surface area contributed by atoms with Gasteiger partial charge in [0.25, 0.3) is 0 Å². The highest BCUT2D eigenvalue weighted by Gasteiger charge is 2.29. The highest BCUT2D eigenvalue weighted by Crippen LogP contribution is 2.33. The second kappa shape index (κ2) is 9.40. The molecule has 0 atom stereocenters. The molecule has 28 heavy (non-hydrogen) atoms. The summed E-state index contributed by atoms with van der Waals surface area (Å²) in [6, 6.07) is 8.30. The van der Waals surface area contributed by atoms with Crippen LogP contribution in [-0.4, -0.2) is 25.6 Å². The third kappa shape index (κ3) is 5.57. The van der Waals surface area contributed by atoms with Gasteiger partial charge >= 0.3 is 0 Å². The maximum Gasteiger partial charge on any atom is 0.227 e. The normalized spacial score (nSPS) is 24.2. The van der Waals surface area contributed by atoms with Gasteiger partial charge in [0, 0.05) is 17.6 Å². The zero-order chi connectivity index (χ0) is 20.1. The Bertz CT molecular complexity index is 744. The quantitative estimate of drug-likeness (QED) is 0.727. The standard InChI is InChI=1S/C22H34N2O3S/c1-16(2)28(26,27)24-21-14-10-19(11-15-21)22(25)23-20-12-8-18(9-13-20)17-6-4-3-5-7-17/h8-9,12-13,16-17,19,21,24H,3-7,10-11,14-15H2,1-2H3,(H,23,25). The van der Waals surface area contributed by atoms with Gasteiger partial charge in [0.1, 0.15) is 0 Å². The first-order valence-electron chi connectivity index (χ1n) is 10.8. The Morgan fingerprint density at radius 3 is 2.11 bits per heavy atom. The van der Waals surface area contributed by atoms with Crippen molar-refractivity contribution >= 4 is 21.6 Å². The lowest BCUT2D eigenvalue weighted by Crippen LogP contribution is -2.42. The molecule has 2 aliphatic carbocycles. The SMILES string of the molecule is CC(C)S(=O)(=O)NC1CCC(C(=O)Nc2ccc(C3CCCCC3)cc2)CC1. The molecule has 1 amide bonds. The molecule has 1 aromatic carbocycles. The van der Waals surface area contributed by atoms with Crippen LogP contribution < -0.4 is 10.0 Å². The lowest BCUT2D eigenvalue weighted by molar-refractivity contribution is -0.120. The maximum atomic E-state index is 12.6. The summed E-state index contributed by atoms with van der Waals surface area (Å²) in [4.78, 5) is 12.6. The molecular weight excluding hydrogens is 372 g/mol. The predicted octanol–water partition coefficient (Wildman–Crippen LogP) is 4.56. The van der Waals surface area contributed by atoms with Crippen LogP contribution in [0.15, 0.2) is 24.3 Å². The predicted molar refractivity (Wildman–Crippen MR) is 114 cm³/mol. The maximum absolute atomic E-state index is 12.6. The number of anilines is 1. The Morgan fingerprint density at radius 1 is 0.929 bits per heavy atom. The van der Waals surface area contributed by atoms with E-state index in [1.807, 2.05) is 12.1 Å². The first-order valence-corrected chi connectivity index (χ1v) is 12.3. The highest BCUT2D eigenvalue weighted by atomic mass is 32.2. The molecule has 156 valence electrons. The Labute approximate surface area is 169 Å². The average molecular weight is 407 g/mol. The van der Waals surface area contributed by atoms with Crippen LogP contribution in [0.25, 0.3) is 0 Å². The van der Waals surface area contributed by atoms with E-state index >= 15 is 0 Å². The van der Waals surface area contributed by atoms with Crippen LogP contribution in [0.2, 0.25) is 0 Å². The van der Waals surface area contributed by atoms with Crippen LogP contribution in [0.3, 0.4) is 0 Å². The number of nitrogens with one attached hydrogen (secondary N) is 2. The average Bonchev–Trinajstić information content (AvgIpc) is 2.69. The molecule has 0 heterocycles. The number of sulfonamides is 1. The summed E-state index contributed by atoms with van der Waals surface area (Å²) in [5.41, 5.74) is 2.24. The highest BCUT2D eigenvalue weighted by molar-refractivity contribution is 7.90. The van der Waals surface area contributed by atoms with Crippen molar-refractivity contribution in [3.05, 3.63) is 29.8 Å². The van der Waals surface area contributed by atoms with Gasteiger partial charge in [-0.1, -0.05) is 31.4 Å². The Kier molecular flexibility index (Phi) is 7.15. The number of carbonyl (C=O) groups excluding carboxylic acids is 1. The molecule has 2 saturated carbocycles. The van der Waals surface area contributed by atoms with Crippen molar-refractivity contribution < 1.29 is 13.2 Å². The van der Waals surface area contributed by atoms with E-state index in [0.717, 1.165) is 18.5 Å². The number of amides is 1. The van der Waals surface area contributed by atoms with E-state index in [2.05, 4.69) is 22.2 Å². The largest absolute Gasteiger partial charge is 0.326 e. The van der Waals surface area contributed by atoms with Crippen LogP contribution in [-0.2, 0) is 14.8 Å². The van der Waals surface area contributed by atoms with E-state index in [1.54, 1.807) is 13.8 Å². The second-order valence-corrected chi connectivity index (χ2v) is 11.0. The summed E-state index contributed by atoms with van der Waals surface area (Å²) in [7, 11) is -3.25. The van der Waals surface area contributed by atoms with Gasteiger partial charge in [0.2, 0.25) is 15.9 Å². The van der Waals surface area contributed by atoms with Crippen molar-refractivity contribution in [2.24, 2.45) is 5.92 Å². The monoisotopic (exact) mass is 406 g/mol. The molecule has 5 nitrogen and oxygen atoms in total. The molecular formula is C22H34N2O3S. The molecule has 6 heteroatoms.